The maximum atomic E-state index is 6.17. The topological polar surface area (TPSA) is 26.2 Å². The number of rotatable bonds is 8. The highest BCUT2D eigenvalue weighted by Crippen LogP contribution is 2.26. The van der Waals surface area contributed by atoms with Crippen molar-refractivity contribution in [2.24, 2.45) is 0 Å². The Bertz CT molecular complexity index is 604. The van der Waals surface area contributed by atoms with Crippen molar-refractivity contribution in [3.8, 4) is 0 Å². The van der Waals surface area contributed by atoms with Gasteiger partial charge in [0.25, 0.3) is 0 Å². The van der Waals surface area contributed by atoms with Crippen molar-refractivity contribution in [2.45, 2.75) is 44.8 Å². The fourth-order valence-electron chi connectivity index (χ4n) is 2.74. The Morgan fingerprint density at radius 3 is 2.95 bits per heavy atom. The zero-order valence-electron chi connectivity index (χ0n) is 12.6. The van der Waals surface area contributed by atoms with Crippen LogP contribution in [0.25, 0.3) is 10.9 Å². The van der Waals surface area contributed by atoms with E-state index in [9.17, 15) is 0 Å². The zero-order chi connectivity index (χ0) is 14.7. The summed E-state index contributed by atoms with van der Waals surface area (Å²) in [4.78, 5) is 0. The number of nitrogens with one attached hydrogen (secondary N) is 1. The summed E-state index contributed by atoms with van der Waals surface area (Å²) in [5.41, 5.74) is 2.62. The van der Waals surface area contributed by atoms with Crippen molar-refractivity contribution < 1.29 is 4.74 Å². The Morgan fingerprint density at radius 1 is 1.33 bits per heavy atom. The smallest absolute Gasteiger partial charge is 0.0498 e. The molecule has 114 valence electrons. The molecular formula is C17H23ClN2O. The number of unbranched alkanes of at least 4 members (excludes halogenated alkanes) is 1. The van der Waals surface area contributed by atoms with Gasteiger partial charge in [-0.3, -0.25) is 0 Å². The van der Waals surface area contributed by atoms with E-state index in [1.807, 2.05) is 6.07 Å². The zero-order valence-corrected chi connectivity index (χ0v) is 13.3. The monoisotopic (exact) mass is 306 g/mol. The van der Waals surface area contributed by atoms with Gasteiger partial charge in [-0.2, -0.15) is 0 Å². The second-order valence-corrected chi connectivity index (χ2v) is 6.30. The molecule has 2 aromatic rings. The van der Waals surface area contributed by atoms with Crippen molar-refractivity contribution in [1.29, 1.82) is 0 Å². The molecule has 0 atom stereocenters. The molecule has 1 saturated carbocycles. The number of methoxy groups -OCH3 is 1. The fourth-order valence-corrected chi connectivity index (χ4v) is 2.90. The fraction of sp³-hybridized carbons (Fsp3) is 0.529. The van der Waals surface area contributed by atoms with E-state index in [-0.39, 0.29) is 0 Å². The van der Waals surface area contributed by atoms with Gasteiger partial charge in [0.1, 0.15) is 0 Å². The number of fused-ring (bicyclic) bond motifs is 1. The summed E-state index contributed by atoms with van der Waals surface area (Å²) in [6.45, 7) is 2.80. The molecule has 4 heteroatoms. The molecule has 0 spiro atoms. The summed E-state index contributed by atoms with van der Waals surface area (Å²) in [5.74, 6) is 0. The van der Waals surface area contributed by atoms with Gasteiger partial charge in [-0.05, 0) is 43.4 Å². The third kappa shape index (κ3) is 3.79. The second-order valence-electron chi connectivity index (χ2n) is 5.86. The van der Waals surface area contributed by atoms with E-state index in [4.69, 9.17) is 16.3 Å². The lowest BCUT2D eigenvalue weighted by atomic mass is 10.2. The number of aromatic nitrogens is 1. The van der Waals surface area contributed by atoms with E-state index in [1.165, 1.54) is 29.3 Å². The van der Waals surface area contributed by atoms with Crippen LogP contribution in [0.3, 0.4) is 0 Å². The molecule has 3 rings (SSSR count). The standard InChI is InChI=1S/C17H23ClN2O/c1-21-9-3-2-8-20-12-13(11-19-15-5-6-15)16-7-4-14(18)10-17(16)20/h4,7,10,12,15,19H,2-3,5-6,8-9,11H2,1H3. The molecule has 1 aliphatic carbocycles. The maximum Gasteiger partial charge on any atom is 0.0498 e. The number of hydrogen-bond acceptors (Lipinski definition) is 2. The van der Waals surface area contributed by atoms with Crippen molar-refractivity contribution in [1.82, 2.24) is 9.88 Å². The average Bonchev–Trinajstić information content (AvgIpc) is 3.25. The third-order valence-electron chi connectivity index (χ3n) is 4.08. The molecule has 1 aliphatic rings. The van der Waals surface area contributed by atoms with Gasteiger partial charge in [-0.25, -0.2) is 0 Å². The van der Waals surface area contributed by atoms with Gasteiger partial charge in [0.15, 0.2) is 0 Å². The van der Waals surface area contributed by atoms with Crippen molar-refractivity contribution >= 4 is 22.5 Å². The van der Waals surface area contributed by atoms with Crippen LogP contribution in [0.1, 0.15) is 31.2 Å². The van der Waals surface area contributed by atoms with Gasteiger partial charge >= 0.3 is 0 Å². The molecular weight excluding hydrogens is 284 g/mol. The minimum atomic E-state index is 0.734. The van der Waals surface area contributed by atoms with Crippen LogP contribution in [0.2, 0.25) is 5.02 Å². The maximum absolute atomic E-state index is 6.17. The van der Waals surface area contributed by atoms with E-state index in [0.717, 1.165) is 43.6 Å². The molecule has 1 aromatic carbocycles. The van der Waals surface area contributed by atoms with Gasteiger partial charge in [-0.15, -0.1) is 0 Å². The van der Waals surface area contributed by atoms with Gasteiger partial charge in [0.2, 0.25) is 0 Å². The highest BCUT2D eigenvalue weighted by atomic mass is 35.5. The Hall–Kier alpha value is -1.03. The summed E-state index contributed by atoms with van der Waals surface area (Å²) in [6, 6.07) is 6.94. The summed E-state index contributed by atoms with van der Waals surface area (Å²) in [7, 11) is 1.76. The van der Waals surface area contributed by atoms with Crippen molar-refractivity contribution in [3.05, 3.63) is 35.0 Å². The van der Waals surface area contributed by atoms with E-state index in [0.29, 0.717) is 0 Å². The number of benzene rings is 1. The molecule has 0 unspecified atom stereocenters. The van der Waals surface area contributed by atoms with E-state index >= 15 is 0 Å². The molecule has 0 radical (unpaired) electrons. The van der Waals surface area contributed by atoms with Crippen molar-refractivity contribution in [2.75, 3.05) is 13.7 Å². The second kappa shape index (κ2) is 6.82. The van der Waals surface area contributed by atoms with Gasteiger partial charge in [0, 0.05) is 55.0 Å². The molecule has 0 amide bonds. The van der Waals surface area contributed by atoms with Gasteiger partial charge in [0.05, 0.1) is 0 Å². The first-order valence-corrected chi connectivity index (χ1v) is 8.15. The molecule has 0 bridgehead atoms. The van der Waals surface area contributed by atoms with Crippen LogP contribution in [-0.4, -0.2) is 24.3 Å². The van der Waals surface area contributed by atoms with Crippen LogP contribution in [0.5, 0.6) is 0 Å². The van der Waals surface area contributed by atoms with Crippen molar-refractivity contribution in [3.63, 3.8) is 0 Å². The van der Waals surface area contributed by atoms with Crippen LogP contribution in [0, 0.1) is 0 Å². The minimum absolute atomic E-state index is 0.734. The molecule has 0 aliphatic heterocycles. The number of aryl methyl sites for hydroxylation is 1. The lowest BCUT2D eigenvalue weighted by Crippen LogP contribution is -2.14. The quantitative estimate of drug-likeness (QED) is 0.747. The first-order chi connectivity index (χ1) is 10.3. The molecule has 1 N–H and O–H groups in total. The summed E-state index contributed by atoms with van der Waals surface area (Å²) in [6.07, 6.45) is 7.14. The molecule has 21 heavy (non-hydrogen) atoms. The van der Waals surface area contributed by atoms with Crippen LogP contribution < -0.4 is 5.32 Å². The molecule has 1 heterocycles. The number of halogens is 1. The highest BCUT2D eigenvalue weighted by Gasteiger charge is 2.20. The van der Waals surface area contributed by atoms with Crippen LogP contribution >= 0.6 is 11.6 Å². The molecule has 1 fully saturated rings. The molecule has 1 aromatic heterocycles. The molecule has 3 nitrogen and oxygen atoms in total. The summed E-state index contributed by atoms with van der Waals surface area (Å²) in [5, 5.41) is 5.73. The Kier molecular flexibility index (Phi) is 4.84. The Balaban J connectivity index is 1.77. The van der Waals surface area contributed by atoms with Gasteiger partial charge in [-0.1, -0.05) is 17.7 Å². The lowest BCUT2D eigenvalue weighted by Gasteiger charge is -2.05. The Labute approximate surface area is 131 Å². The Morgan fingerprint density at radius 2 is 2.19 bits per heavy atom. The van der Waals surface area contributed by atoms with E-state index in [2.05, 4.69) is 28.2 Å². The predicted octanol–water partition coefficient (Wildman–Crippen LogP) is 3.97. The van der Waals surface area contributed by atoms with Crippen LogP contribution in [-0.2, 0) is 17.8 Å². The van der Waals surface area contributed by atoms with E-state index < -0.39 is 0 Å². The van der Waals surface area contributed by atoms with Gasteiger partial charge < -0.3 is 14.6 Å². The minimum Gasteiger partial charge on any atom is -0.385 e. The first kappa shape index (κ1) is 14.9. The number of nitrogens with zero attached hydrogens (tertiary/aromatic N) is 1. The highest BCUT2D eigenvalue weighted by molar-refractivity contribution is 6.31. The SMILES string of the molecule is COCCCCn1cc(CNC2CC2)c2ccc(Cl)cc21. The first-order valence-electron chi connectivity index (χ1n) is 7.77. The normalized spacial score (nSPS) is 15.0. The number of hydrogen-bond donors (Lipinski definition) is 1. The third-order valence-corrected chi connectivity index (χ3v) is 4.32. The van der Waals surface area contributed by atoms with Crippen LogP contribution in [0.15, 0.2) is 24.4 Å². The van der Waals surface area contributed by atoms with E-state index in [1.54, 1.807) is 7.11 Å². The largest absolute Gasteiger partial charge is 0.385 e. The molecule has 0 saturated heterocycles. The summed E-state index contributed by atoms with van der Waals surface area (Å²) >= 11 is 6.17. The average molecular weight is 307 g/mol. The summed E-state index contributed by atoms with van der Waals surface area (Å²) < 4.78 is 7.46. The predicted molar refractivity (Wildman–Crippen MR) is 87.9 cm³/mol. The number of ether oxygens (including phenoxy) is 1. The lowest BCUT2D eigenvalue weighted by molar-refractivity contribution is 0.191. The van der Waals surface area contributed by atoms with Crippen LogP contribution in [0.4, 0.5) is 0 Å².